The molecule has 1 aliphatic rings. The van der Waals surface area contributed by atoms with Gasteiger partial charge in [-0.25, -0.2) is 9.78 Å². The summed E-state index contributed by atoms with van der Waals surface area (Å²) in [6.07, 6.45) is 1.20. The van der Waals surface area contributed by atoms with Gasteiger partial charge in [-0.2, -0.15) is 0 Å². The van der Waals surface area contributed by atoms with Gasteiger partial charge in [0, 0.05) is 24.8 Å². The normalized spacial score (nSPS) is 15.4. The van der Waals surface area contributed by atoms with E-state index in [1.165, 1.54) is 7.11 Å². The van der Waals surface area contributed by atoms with Crippen LogP contribution in [0, 0.1) is 6.92 Å². The van der Waals surface area contributed by atoms with E-state index in [2.05, 4.69) is 14.9 Å². The second-order valence-electron chi connectivity index (χ2n) is 8.43. The summed E-state index contributed by atoms with van der Waals surface area (Å²) in [5.74, 6) is 0.556. The van der Waals surface area contributed by atoms with Crippen molar-refractivity contribution in [2.45, 2.75) is 52.2 Å². The molecular weight excluding hydrogens is 372 g/mol. The third-order valence-electron chi connectivity index (χ3n) is 5.00. The lowest BCUT2D eigenvalue weighted by atomic mass is 10.0. The summed E-state index contributed by atoms with van der Waals surface area (Å²) in [5, 5.41) is 0. The molecule has 0 bridgehead atoms. The van der Waals surface area contributed by atoms with E-state index in [4.69, 9.17) is 9.47 Å². The number of benzene rings is 1. The molecule has 0 unspecified atom stereocenters. The highest BCUT2D eigenvalue weighted by molar-refractivity contribution is 5.82. The monoisotopic (exact) mass is 402 g/mol. The molecule has 1 fully saturated rings. The van der Waals surface area contributed by atoms with Gasteiger partial charge in [0.1, 0.15) is 18.0 Å². The first-order chi connectivity index (χ1) is 13.7. The molecule has 1 aliphatic heterocycles. The van der Waals surface area contributed by atoms with Gasteiger partial charge < -0.3 is 24.3 Å². The number of methoxy groups -OCH3 is 1. The number of H-pyrrole nitrogens is 1. The summed E-state index contributed by atoms with van der Waals surface area (Å²) in [4.78, 5) is 35.9. The Morgan fingerprint density at radius 3 is 2.59 bits per heavy atom. The summed E-state index contributed by atoms with van der Waals surface area (Å²) in [6.45, 7) is 8.83. The summed E-state index contributed by atoms with van der Waals surface area (Å²) in [7, 11) is 1.39. The van der Waals surface area contributed by atoms with Crippen LogP contribution in [-0.2, 0) is 14.3 Å². The number of carbonyl (C=O) groups excluding carboxylic acids is 2. The summed E-state index contributed by atoms with van der Waals surface area (Å²) in [5.41, 5.74) is 2.23. The first-order valence-electron chi connectivity index (χ1n) is 9.94. The molecular formula is C21H30N4O4. The van der Waals surface area contributed by atoms with E-state index in [0.717, 1.165) is 35.4 Å². The number of aromatic amines is 1. The third-order valence-corrected chi connectivity index (χ3v) is 5.00. The fraction of sp³-hybridized carbons (Fsp3) is 0.571. The molecule has 2 heterocycles. The number of hydrogen-bond acceptors (Lipinski definition) is 6. The van der Waals surface area contributed by atoms with Crippen molar-refractivity contribution in [1.82, 2.24) is 14.9 Å². The van der Waals surface area contributed by atoms with Crippen LogP contribution in [0.3, 0.4) is 0 Å². The van der Waals surface area contributed by atoms with Crippen LogP contribution in [0.15, 0.2) is 18.2 Å². The highest BCUT2D eigenvalue weighted by Gasteiger charge is 2.31. The predicted octanol–water partition coefficient (Wildman–Crippen LogP) is 3.25. The highest BCUT2D eigenvalue weighted by Crippen LogP contribution is 2.27. The zero-order valence-electron chi connectivity index (χ0n) is 17.8. The standard InChI is InChI=1S/C21H30N4O4/c1-14-22-17-7-6-16(12-18(17)23-14)25(13-19(26)28-5)15-8-10-24(11-9-15)20(27)29-21(2,3)4/h6-7,12,15H,8-11,13H2,1-5H3,(H,22,23). The lowest BCUT2D eigenvalue weighted by Crippen LogP contribution is -2.49. The minimum atomic E-state index is -0.512. The molecule has 0 radical (unpaired) electrons. The van der Waals surface area contributed by atoms with Crippen molar-refractivity contribution in [1.29, 1.82) is 0 Å². The highest BCUT2D eigenvalue weighted by atomic mass is 16.6. The molecule has 1 aromatic heterocycles. The number of amides is 1. The topological polar surface area (TPSA) is 87.8 Å². The van der Waals surface area contributed by atoms with E-state index in [9.17, 15) is 9.59 Å². The molecule has 1 aromatic carbocycles. The van der Waals surface area contributed by atoms with Gasteiger partial charge in [-0.15, -0.1) is 0 Å². The van der Waals surface area contributed by atoms with E-state index in [-0.39, 0.29) is 24.6 Å². The van der Waals surface area contributed by atoms with Crippen molar-refractivity contribution >= 4 is 28.8 Å². The Morgan fingerprint density at radius 1 is 1.28 bits per heavy atom. The maximum absolute atomic E-state index is 12.3. The Labute approximate surface area is 171 Å². The average molecular weight is 402 g/mol. The molecule has 1 N–H and O–H groups in total. The van der Waals surface area contributed by atoms with Crippen LogP contribution in [-0.4, -0.2) is 65.3 Å². The molecule has 8 nitrogen and oxygen atoms in total. The van der Waals surface area contributed by atoms with E-state index in [1.807, 2.05) is 45.9 Å². The third kappa shape index (κ3) is 5.19. The predicted molar refractivity (Wildman–Crippen MR) is 111 cm³/mol. The number of nitrogens with one attached hydrogen (secondary N) is 1. The Balaban J connectivity index is 1.75. The minimum Gasteiger partial charge on any atom is -0.468 e. The van der Waals surface area contributed by atoms with Gasteiger partial charge in [0.05, 0.1) is 18.1 Å². The van der Waals surface area contributed by atoms with Crippen LogP contribution in [0.2, 0.25) is 0 Å². The number of imidazole rings is 1. The van der Waals surface area contributed by atoms with Crippen molar-refractivity contribution in [2.75, 3.05) is 31.6 Å². The van der Waals surface area contributed by atoms with Crippen molar-refractivity contribution < 1.29 is 19.1 Å². The molecule has 8 heteroatoms. The van der Waals surface area contributed by atoms with Crippen LogP contribution in [0.4, 0.5) is 10.5 Å². The average Bonchev–Trinajstić information content (AvgIpc) is 3.03. The fourth-order valence-electron chi connectivity index (χ4n) is 3.62. The SMILES string of the molecule is COC(=O)CN(c1ccc2[nH]c(C)nc2c1)C1CCN(C(=O)OC(C)(C)C)CC1. The van der Waals surface area contributed by atoms with Gasteiger partial charge in [-0.1, -0.05) is 0 Å². The smallest absolute Gasteiger partial charge is 0.410 e. The number of esters is 1. The molecule has 3 rings (SSSR count). The van der Waals surface area contributed by atoms with Gasteiger partial charge in [0.15, 0.2) is 0 Å². The van der Waals surface area contributed by atoms with Crippen LogP contribution >= 0.6 is 0 Å². The van der Waals surface area contributed by atoms with Crippen molar-refractivity contribution in [3.63, 3.8) is 0 Å². The number of piperidine rings is 1. The number of aryl methyl sites for hydroxylation is 1. The lowest BCUT2D eigenvalue weighted by molar-refractivity contribution is -0.139. The quantitative estimate of drug-likeness (QED) is 0.790. The number of likely N-dealkylation sites (tertiary alicyclic amines) is 1. The van der Waals surface area contributed by atoms with Gasteiger partial charge in [0.2, 0.25) is 0 Å². The fourth-order valence-corrected chi connectivity index (χ4v) is 3.62. The molecule has 29 heavy (non-hydrogen) atoms. The molecule has 1 amide bonds. The number of fused-ring (bicyclic) bond motifs is 1. The van der Waals surface area contributed by atoms with Crippen molar-refractivity contribution in [3.8, 4) is 0 Å². The Hall–Kier alpha value is -2.77. The van der Waals surface area contributed by atoms with E-state index < -0.39 is 5.60 Å². The first kappa shape index (κ1) is 21.0. The second kappa shape index (κ2) is 8.31. The van der Waals surface area contributed by atoms with Crippen LogP contribution in [0.25, 0.3) is 11.0 Å². The number of anilines is 1. The van der Waals surface area contributed by atoms with E-state index in [1.54, 1.807) is 4.90 Å². The number of rotatable bonds is 4. The van der Waals surface area contributed by atoms with Gasteiger partial charge in [-0.3, -0.25) is 4.79 Å². The van der Waals surface area contributed by atoms with E-state index >= 15 is 0 Å². The zero-order valence-corrected chi connectivity index (χ0v) is 17.8. The van der Waals surface area contributed by atoms with Crippen molar-refractivity contribution in [2.24, 2.45) is 0 Å². The number of ether oxygens (including phenoxy) is 2. The Bertz CT molecular complexity index is 878. The summed E-state index contributed by atoms with van der Waals surface area (Å²) < 4.78 is 10.4. The Morgan fingerprint density at radius 2 is 1.97 bits per heavy atom. The maximum atomic E-state index is 12.3. The van der Waals surface area contributed by atoms with E-state index in [0.29, 0.717) is 13.1 Å². The molecule has 1 saturated heterocycles. The zero-order chi connectivity index (χ0) is 21.2. The number of carbonyl (C=O) groups is 2. The molecule has 0 aliphatic carbocycles. The summed E-state index contributed by atoms with van der Waals surface area (Å²) in [6, 6.07) is 6.07. The number of aromatic nitrogens is 2. The minimum absolute atomic E-state index is 0.116. The van der Waals surface area contributed by atoms with Gasteiger partial charge in [-0.05, 0) is 58.7 Å². The van der Waals surface area contributed by atoms with Crippen LogP contribution in [0.5, 0.6) is 0 Å². The van der Waals surface area contributed by atoms with Gasteiger partial charge >= 0.3 is 12.1 Å². The van der Waals surface area contributed by atoms with Crippen LogP contribution in [0.1, 0.15) is 39.4 Å². The van der Waals surface area contributed by atoms with Gasteiger partial charge in [0.25, 0.3) is 0 Å². The molecule has 0 spiro atoms. The molecule has 158 valence electrons. The molecule has 0 atom stereocenters. The first-order valence-corrected chi connectivity index (χ1v) is 9.94. The number of nitrogens with zero attached hydrogens (tertiary/aromatic N) is 3. The second-order valence-corrected chi connectivity index (χ2v) is 8.43. The van der Waals surface area contributed by atoms with Crippen LogP contribution < -0.4 is 4.90 Å². The largest absolute Gasteiger partial charge is 0.468 e. The molecule has 0 saturated carbocycles. The lowest BCUT2D eigenvalue weighted by Gasteiger charge is -2.39. The maximum Gasteiger partial charge on any atom is 0.410 e. The number of hydrogen-bond donors (Lipinski definition) is 1. The van der Waals surface area contributed by atoms with Crippen molar-refractivity contribution in [3.05, 3.63) is 24.0 Å². The Kier molecular flexibility index (Phi) is 6.00. The molecule has 2 aromatic rings. The summed E-state index contributed by atoms with van der Waals surface area (Å²) >= 11 is 0.